The average Bonchev–Trinajstić information content (AvgIpc) is 2.26. The zero-order chi connectivity index (χ0) is 12.0. The van der Waals surface area contributed by atoms with Gasteiger partial charge in [-0.2, -0.15) is 0 Å². The van der Waals surface area contributed by atoms with E-state index in [-0.39, 0.29) is 5.92 Å². The molecule has 1 aromatic rings. The molecule has 0 aliphatic heterocycles. The number of benzene rings is 1. The molecule has 88 valence electrons. The number of rotatable bonds is 6. The first kappa shape index (κ1) is 13.6. The van der Waals surface area contributed by atoms with Gasteiger partial charge in [0, 0.05) is 15.8 Å². The standard InChI is InChI=1S/C13H17ClOS/c1-3-5-10(2)13(15)9-16-12-7-4-6-11(14)8-12/h4,6-8,10H,3,5,9H2,1-2H3. The quantitative estimate of drug-likeness (QED) is 0.700. The predicted molar refractivity (Wildman–Crippen MR) is 71.3 cm³/mol. The molecule has 0 aliphatic carbocycles. The summed E-state index contributed by atoms with van der Waals surface area (Å²) in [4.78, 5) is 12.8. The summed E-state index contributed by atoms with van der Waals surface area (Å²) in [6, 6.07) is 7.62. The number of Topliss-reactive ketones (excluding diaryl/α,β-unsaturated/α-hetero) is 1. The van der Waals surface area contributed by atoms with E-state index >= 15 is 0 Å². The second-order valence-electron chi connectivity index (χ2n) is 3.90. The van der Waals surface area contributed by atoms with Crippen molar-refractivity contribution in [1.82, 2.24) is 0 Å². The molecular formula is C13H17ClOS. The molecule has 0 spiro atoms. The number of hydrogen-bond donors (Lipinski definition) is 0. The van der Waals surface area contributed by atoms with Crippen molar-refractivity contribution in [2.24, 2.45) is 5.92 Å². The van der Waals surface area contributed by atoms with Gasteiger partial charge in [0.15, 0.2) is 0 Å². The Morgan fingerprint density at radius 3 is 2.88 bits per heavy atom. The smallest absolute Gasteiger partial charge is 0.145 e. The number of carbonyl (C=O) groups excluding carboxylic acids is 1. The molecular weight excluding hydrogens is 240 g/mol. The maximum Gasteiger partial charge on any atom is 0.145 e. The molecule has 0 N–H and O–H groups in total. The average molecular weight is 257 g/mol. The lowest BCUT2D eigenvalue weighted by atomic mass is 10.0. The summed E-state index contributed by atoms with van der Waals surface area (Å²) < 4.78 is 0. The summed E-state index contributed by atoms with van der Waals surface area (Å²) in [7, 11) is 0. The molecule has 0 saturated carbocycles. The summed E-state index contributed by atoms with van der Waals surface area (Å²) >= 11 is 7.44. The fourth-order valence-corrected chi connectivity index (χ4v) is 2.68. The highest BCUT2D eigenvalue weighted by atomic mass is 35.5. The number of hydrogen-bond acceptors (Lipinski definition) is 2. The molecule has 1 nitrogen and oxygen atoms in total. The molecule has 0 saturated heterocycles. The lowest BCUT2D eigenvalue weighted by Gasteiger charge is -2.08. The van der Waals surface area contributed by atoms with Gasteiger partial charge in [-0.25, -0.2) is 0 Å². The molecule has 0 heterocycles. The minimum atomic E-state index is 0.177. The van der Waals surface area contributed by atoms with E-state index < -0.39 is 0 Å². The zero-order valence-corrected chi connectivity index (χ0v) is 11.3. The number of thioether (sulfide) groups is 1. The maximum atomic E-state index is 11.7. The van der Waals surface area contributed by atoms with E-state index in [4.69, 9.17) is 11.6 Å². The van der Waals surface area contributed by atoms with Crippen molar-refractivity contribution >= 4 is 29.1 Å². The largest absolute Gasteiger partial charge is 0.298 e. The molecule has 0 fully saturated rings. The Balaban J connectivity index is 2.42. The summed E-state index contributed by atoms with van der Waals surface area (Å²) in [6.07, 6.45) is 2.05. The molecule has 1 unspecified atom stereocenters. The molecule has 0 bridgehead atoms. The SMILES string of the molecule is CCCC(C)C(=O)CSc1cccc(Cl)c1. The Kier molecular flexibility index (Phi) is 5.93. The first-order valence-electron chi connectivity index (χ1n) is 5.54. The van der Waals surface area contributed by atoms with Gasteiger partial charge in [-0.1, -0.05) is 37.9 Å². The van der Waals surface area contributed by atoms with Gasteiger partial charge in [-0.15, -0.1) is 11.8 Å². The second kappa shape index (κ2) is 6.97. The van der Waals surface area contributed by atoms with E-state index in [9.17, 15) is 4.79 Å². The molecule has 0 radical (unpaired) electrons. The molecule has 3 heteroatoms. The Morgan fingerprint density at radius 1 is 1.50 bits per heavy atom. The molecule has 0 amide bonds. The van der Waals surface area contributed by atoms with E-state index in [0.717, 1.165) is 22.8 Å². The topological polar surface area (TPSA) is 17.1 Å². The predicted octanol–water partition coefficient (Wildman–Crippen LogP) is 4.44. The van der Waals surface area contributed by atoms with Crippen molar-refractivity contribution < 1.29 is 4.79 Å². The van der Waals surface area contributed by atoms with E-state index in [1.54, 1.807) is 11.8 Å². The zero-order valence-electron chi connectivity index (χ0n) is 9.70. The number of ketones is 1. The van der Waals surface area contributed by atoms with Crippen molar-refractivity contribution in [2.75, 3.05) is 5.75 Å². The van der Waals surface area contributed by atoms with Crippen LogP contribution in [0.3, 0.4) is 0 Å². The molecule has 1 atom stereocenters. The lowest BCUT2D eigenvalue weighted by Crippen LogP contribution is -2.12. The van der Waals surface area contributed by atoms with Crippen LogP contribution in [-0.4, -0.2) is 11.5 Å². The fraction of sp³-hybridized carbons (Fsp3) is 0.462. The van der Waals surface area contributed by atoms with Gasteiger partial charge in [0.05, 0.1) is 5.75 Å². The summed E-state index contributed by atoms with van der Waals surface area (Å²) in [5, 5.41) is 0.721. The first-order valence-corrected chi connectivity index (χ1v) is 6.91. The Bertz CT molecular complexity index is 352. The summed E-state index contributed by atoms with van der Waals surface area (Å²) in [5.41, 5.74) is 0. The van der Waals surface area contributed by atoms with Gasteiger partial charge in [0.25, 0.3) is 0 Å². The van der Waals surface area contributed by atoms with Gasteiger partial charge >= 0.3 is 0 Å². The van der Waals surface area contributed by atoms with Crippen LogP contribution in [0.1, 0.15) is 26.7 Å². The summed E-state index contributed by atoms with van der Waals surface area (Å²) in [6.45, 7) is 4.11. The fourth-order valence-electron chi connectivity index (χ4n) is 1.45. The first-order chi connectivity index (χ1) is 7.63. The van der Waals surface area contributed by atoms with Crippen LogP contribution in [0, 0.1) is 5.92 Å². The van der Waals surface area contributed by atoms with Crippen LogP contribution in [0.2, 0.25) is 5.02 Å². The molecule has 0 aromatic heterocycles. The van der Waals surface area contributed by atoms with Crippen LogP contribution in [-0.2, 0) is 4.79 Å². The van der Waals surface area contributed by atoms with Crippen LogP contribution in [0.25, 0.3) is 0 Å². The summed E-state index contributed by atoms with van der Waals surface area (Å²) in [5.74, 6) is 1.05. The Morgan fingerprint density at radius 2 is 2.25 bits per heavy atom. The van der Waals surface area contributed by atoms with Crippen LogP contribution < -0.4 is 0 Å². The van der Waals surface area contributed by atoms with E-state index in [2.05, 4.69) is 6.92 Å². The van der Waals surface area contributed by atoms with Gasteiger partial charge in [-0.3, -0.25) is 4.79 Å². The molecule has 1 rings (SSSR count). The highest BCUT2D eigenvalue weighted by Crippen LogP contribution is 2.22. The number of halogens is 1. The molecule has 16 heavy (non-hydrogen) atoms. The van der Waals surface area contributed by atoms with Crippen LogP contribution >= 0.6 is 23.4 Å². The Hall–Kier alpha value is -0.470. The van der Waals surface area contributed by atoms with Crippen LogP contribution in [0.15, 0.2) is 29.2 Å². The van der Waals surface area contributed by atoms with Gasteiger partial charge in [0.1, 0.15) is 5.78 Å². The number of carbonyl (C=O) groups is 1. The molecule has 0 aliphatic rings. The van der Waals surface area contributed by atoms with Gasteiger partial charge < -0.3 is 0 Å². The highest BCUT2D eigenvalue weighted by molar-refractivity contribution is 8.00. The third kappa shape index (κ3) is 4.58. The second-order valence-corrected chi connectivity index (χ2v) is 5.39. The molecule has 1 aromatic carbocycles. The minimum absolute atomic E-state index is 0.177. The monoisotopic (exact) mass is 256 g/mol. The van der Waals surface area contributed by atoms with Crippen LogP contribution in [0.5, 0.6) is 0 Å². The maximum absolute atomic E-state index is 11.7. The van der Waals surface area contributed by atoms with Crippen molar-refractivity contribution in [3.8, 4) is 0 Å². The van der Waals surface area contributed by atoms with Gasteiger partial charge in [0.2, 0.25) is 0 Å². The van der Waals surface area contributed by atoms with Crippen molar-refractivity contribution in [3.63, 3.8) is 0 Å². The van der Waals surface area contributed by atoms with E-state index in [0.29, 0.717) is 11.5 Å². The van der Waals surface area contributed by atoms with Crippen molar-refractivity contribution in [3.05, 3.63) is 29.3 Å². The van der Waals surface area contributed by atoms with E-state index in [1.807, 2.05) is 31.2 Å². The minimum Gasteiger partial charge on any atom is -0.298 e. The third-order valence-electron chi connectivity index (χ3n) is 2.45. The third-order valence-corrected chi connectivity index (χ3v) is 3.70. The lowest BCUT2D eigenvalue weighted by molar-refractivity contribution is -0.120. The highest BCUT2D eigenvalue weighted by Gasteiger charge is 2.11. The normalized spacial score (nSPS) is 12.4. The Labute approximate surface area is 107 Å². The van der Waals surface area contributed by atoms with Crippen molar-refractivity contribution in [1.29, 1.82) is 0 Å². The van der Waals surface area contributed by atoms with E-state index in [1.165, 1.54) is 0 Å². The van der Waals surface area contributed by atoms with Gasteiger partial charge in [-0.05, 0) is 24.6 Å². The van der Waals surface area contributed by atoms with Crippen LogP contribution in [0.4, 0.5) is 0 Å². The van der Waals surface area contributed by atoms with Crippen molar-refractivity contribution in [2.45, 2.75) is 31.6 Å².